The Bertz CT molecular complexity index is 331. The minimum absolute atomic E-state index is 0.821. The first-order valence-corrected chi connectivity index (χ1v) is 4.09. The van der Waals surface area contributed by atoms with Gasteiger partial charge in [-0.3, -0.25) is 0 Å². The van der Waals surface area contributed by atoms with Gasteiger partial charge in [-0.15, -0.1) is 0 Å². The van der Waals surface area contributed by atoms with Crippen molar-refractivity contribution in [2.75, 3.05) is 5.73 Å². The van der Waals surface area contributed by atoms with Crippen LogP contribution in [-0.4, -0.2) is 0 Å². The summed E-state index contributed by atoms with van der Waals surface area (Å²) in [6.45, 7) is 0. The first-order valence-electron chi connectivity index (χ1n) is 4.09. The van der Waals surface area contributed by atoms with Crippen LogP contribution < -0.4 is 5.73 Å². The molecule has 0 fully saturated rings. The minimum Gasteiger partial charge on any atom is -0.399 e. The highest BCUT2D eigenvalue weighted by Gasteiger charge is 1.99. The smallest absolute Gasteiger partial charge is 0.0314 e. The lowest BCUT2D eigenvalue weighted by Gasteiger charge is -1.99. The predicted molar refractivity (Wildman–Crippen MR) is 52.6 cm³/mol. The molecule has 0 saturated carbocycles. The molecule has 1 aliphatic rings. The van der Waals surface area contributed by atoms with Crippen molar-refractivity contribution in [1.82, 2.24) is 0 Å². The molecule has 1 nitrogen and oxygen atoms in total. The highest BCUT2D eigenvalue weighted by atomic mass is 14.5. The quantitative estimate of drug-likeness (QED) is 0.623. The molecule has 1 aromatic rings. The van der Waals surface area contributed by atoms with Gasteiger partial charge in [0.15, 0.2) is 0 Å². The molecular weight excluding hydrogens is 146 g/mol. The number of benzene rings is 1. The lowest BCUT2D eigenvalue weighted by molar-refractivity contribution is 1.45. The average Bonchev–Trinajstić information content (AvgIpc) is 2.58. The Morgan fingerprint density at radius 1 is 1.08 bits per heavy atom. The topological polar surface area (TPSA) is 26.0 Å². The van der Waals surface area contributed by atoms with Gasteiger partial charge in [-0.25, -0.2) is 0 Å². The van der Waals surface area contributed by atoms with Gasteiger partial charge in [0.2, 0.25) is 0 Å². The molecule has 0 unspecified atom stereocenters. The Kier molecular flexibility index (Phi) is 1.71. The Morgan fingerprint density at radius 2 is 1.83 bits per heavy atom. The molecule has 1 heteroatoms. The molecule has 0 aliphatic heterocycles. The van der Waals surface area contributed by atoms with Crippen LogP contribution in [-0.2, 0) is 0 Å². The summed E-state index contributed by atoms with van der Waals surface area (Å²) >= 11 is 0. The number of allylic oxidation sites excluding steroid dienone is 4. The van der Waals surface area contributed by atoms with E-state index in [9.17, 15) is 0 Å². The maximum Gasteiger partial charge on any atom is 0.0314 e. The van der Waals surface area contributed by atoms with Crippen molar-refractivity contribution in [2.45, 2.75) is 6.42 Å². The third-order valence-corrected chi connectivity index (χ3v) is 2.02. The number of nitrogens with two attached hydrogens (primary N) is 1. The fourth-order valence-electron chi connectivity index (χ4n) is 1.35. The first kappa shape index (κ1) is 7.17. The van der Waals surface area contributed by atoms with Gasteiger partial charge >= 0.3 is 0 Å². The van der Waals surface area contributed by atoms with E-state index in [0.717, 1.165) is 12.1 Å². The molecule has 1 aromatic carbocycles. The monoisotopic (exact) mass is 157 g/mol. The highest BCUT2D eigenvalue weighted by Crippen LogP contribution is 2.21. The second-order valence-electron chi connectivity index (χ2n) is 2.92. The van der Waals surface area contributed by atoms with Gasteiger partial charge in [0, 0.05) is 5.69 Å². The molecule has 0 heterocycles. The van der Waals surface area contributed by atoms with E-state index < -0.39 is 0 Å². The van der Waals surface area contributed by atoms with Crippen LogP contribution in [0.15, 0.2) is 42.5 Å². The zero-order valence-corrected chi connectivity index (χ0v) is 6.83. The van der Waals surface area contributed by atoms with E-state index in [-0.39, 0.29) is 0 Å². The predicted octanol–water partition coefficient (Wildman–Crippen LogP) is 2.61. The second-order valence-corrected chi connectivity index (χ2v) is 2.92. The van der Waals surface area contributed by atoms with E-state index in [1.807, 2.05) is 12.1 Å². The van der Waals surface area contributed by atoms with Crippen LogP contribution in [0.2, 0.25) is 0 Å². The summed E-state index contributed by atoms with van der Waals surface area (Å²) in [6, 6.07) is 7.97. The summed E-state index contributed by atoms with van der Waals surface area (Å²) in [6.07, 6.45) is 7.57. The zero-order chi connectivity index (χ0) is 8.39. The number of anilines is 1. The van der Waals surface area contributed by atoms with Crippen LogP contribution in [0, 0.1) is 0 Å². The largest absolute Gasteiger partial charge is 0.399 e. The fraction of sp³-hybridized carbons (Fsp3) is 0.0909. The van der Waals surface area contributed by atoms with Crippen molar-refractivity contribution < 1.29 is 0 Å². The molecule has 0 spiro atoms. The van der Waals surface area contributed by atoms with Crippen LogP contribution in [0.3, 0.4) is 0 Å². The van der Waals surface area contributed by atoms with Crippen molar-refractivity contribution >= 4 is 11.3 Å². The number of nitrogen functional groups attached to an aromatic ring is 1. The molecule has 0 radical (unpaired) electrons. The highest BCUT2D eigenvalue weighted by molar-refractivity contribution is 5.76. The standard InChI is InChI=1S/C11H11N/c12-11-7-5-10(6-8-11)9-3-1-2-4-9/h1,3-8H,2,12H2. The molecule has 1 aliphatic carbocycles. The van der Waals surface area contributed by atoms with Gasteiger partial charge < -0.3 is 5.73 Å². The molecule has 12 heavy (non-hydrogen) atoms. The normalized spacial score (nSPS) is 14.8. The van der Waals surface area contributed by atoms with Gasteiger partial charge in [-0.1, -0.05) is 30.4 Å². The summed E-state index contributed by atoms with van der Waals surface area (Å²) in [5, 5.41) is 0. The first-order chi connectivity index (χ1) is 5.86. The molecular formula is C11H11N. The lowest BCUT2D eigenvalue weighted by atomic mass is 10.1. The SMILES string of the molecule is Nc1ccc(C2=CCC=C2)cc1. The molecule has 0 atom stereocenters. The van der Waals surface area contributed by atoms with Crippen LogP contribution in [0.4, 0.5) is 5.69 Å². The number of hydrogen-bond acceptors (Lipinski definition) is 1. The lowest BCUT2D eigenvalue weighted by Crippen LogP contribution is -1.84. The maximum absolute atomic E-state index is 5.59. The fourth-order valence-corrected chi connectivity index (χ4v) is 1.35. The molecule has 0 saturated heterocycles. The van der Waals surface area contributed by atoms with Crippen LogP contribution in [0.25, 0.3) is 5.57 Å². The van der Waals surface area contributed by atoms with Gasteiger partial charge in [0.05, 0.1) is 0 Å². The third-order valence-electron chi connectivity index (χ3n) is 2.02. The molecule has 2 N–H and O–H groups in total. The molecule has 2 rings (SSSR count). The van der Waals surface area contributed by atoms with E-state index in [1.165, 1.54) is 11.1 Å². The molecule has 0 bridgehead atoms. The summed E-state index contributed by atoms with van der Waals surface area (Å²) < 4.78 is 0. The Labute approximate surface area is 72.2 Å². The van der Waals surface area contributed by atoms with Crippen molar-refractivity contribution in [3.8, 4) is 0 Å². The van der Waals surface area contributed by atoms with Crippen molar-refractivity contribution in [3.63, 3.8) is 0 Å². The summed E-state index contributed by atoms with van der Waals surface area (Å²) in [5.41, 5.74) is 8.96. The van der Waals surface area contributed by atoms with Gasteiger partial charge in [-0.05, 0) is 29.7 Å². The van der Waals surface area contributed by atoms with Gasteiger partial charge in [-0.2, -0.15) is 0 Å². The van der Waals surface area contributed by atoms with E-state index >= 15 is 0 Å². The van der Waals surface area contributed by atoms with Crippen LogP contribution in [0.5, 0.6) is 0 Å². The number of rotatable bonds is 1. The van der Waals surface area contributed by atoms with E-state index in [2.05, 4.69) is 30.4 Å². The average molecular weight is 157 g/mol. The van der Waals surface area contributed by atoms with E-state index in [1.54, 1.807) is 0 Å². The van der Waals surface area contributed by atoms with Crippen molar-refractivity contribution in [1.29, 1.82) is 0 Å². The van der Waals surface area contributed by atoms with Gasteiger partial charge in [0.25, 0.3) is 0 Å². The summed E-state index contributed by atoms with van der Waals surface area (Å²) in [4.78, 5) is 0. The second kappa shape index (κ2) is 2.86. The third kappa shape index (κ3) is 1.26. The number of hydrogen-bond donors (Lipinski definition) is 1. The van der Waals surface area contributed by atoms with Crippen molar-refractivity contribution in [3.05, 3.63) is 48.1 Å². The van der Waals surface area contributed by atoms with Crippen LogP contribution >= 0.6 is 0 Å². The maximum atomic E-state index is 5.59. The summed E-state index contributed by atoms with van der Waals surface area (Å²) in [5.74, 6) is 0. The Hall–Kier alpha value is -1.50. The molecule has 0 aromatic heterocycles. The van der Waals surface area contributed by atoms with E-state index in [0.29, 0.717) is 0 Å². The van der Waals surface area contributed by atoms with Crippen molar-refractivity contribution in [2.24, 2.45) is 0 Å². The van der Waals surface area contributed by atoms with Crippen LogP contribution in [0.1, 0.15) is 12.0 Å². The van der Waals surface area contributed by atoms with E-state index in [4.69, 9.17) is 5.73 Å². The van der Waals surface area contributed by atoms with Gasteiger partial charge in [0.1, 0.15) is 0 Å². The molecule has 0 amide bonds. The Morgan fingerprint density at radius 3 is 2.42 bits per heavy atom. The zero-order valence-electron chi connectivity index (χ0n) is 6.83. The molecule has 60 valence electrons. The minimum atomic E-state index is 0.821. The Balaban J connectivity index is 2.35. The summed E-state index contributed by atoms with van der Waals surface area (Å²) in [7, 11) is 0.